The van der Waals surface area contributed by atoms with Crippen molar-refractivity contribution in [2.45, 2.75) is 104 Å². The van der Waals surface area contributed by atoms with Crippen LogP contribution in [-0.2, 0) is 10.8 Å². The molecule has 0 saturated heterocycles. The number of ether oxygens (including phenoxy) is 1. The Morgan fingerprint density at radius 2 is 1.64 bits per heavy atom. The van der Waals surface area contributed by atoms with E-state index in [1.807, 2.05) is 0 Å². The second kappa shape index (κ2) is 9.71. The zero-order valence-corrected chi connectivity index (χ0v) is 19.2. The maximum Gasteiger partial charge on any atom is 0.236 e. The van der Waals surface area contributed by atoms with E-state index < -0.39 is 0 Å². The molecule has 2 aromatic rings. The third-order valence-electron chi connectivity index (χ3n) is 5.83. The highest BCUT2D eigenvalue weighted by Crippen LogP contribution is 2.38. The lowest BCUT2D eigenvalue weighted by Crippen LogP contribution is -2.23. The second-order valence-electron chi connectivity index (χ2n) is 9.37. The summed E-state index contributed by atoms with van der Waals surface area (Å²) in [6, 6.07) is 6.49. The van der Waals surface area contributed by atoms with Crippen molar-refractivity contribution < 1.29 is 4.74 Å². The van der Waals surface area contributed by atoms with Gasteiger partial charge in [0.05, 0.1) is 17.6 Å². The number of nitrogens with zero attached hydrogens (tertiary/aromatic N) is 2. The molecule has 0 aliphatic heterocycles. The largest absolute Gasteiger partial charge is 0.476 e. The molecular weight excluding hydrogens is 344 g/mol. The molecule has 0 aliphatic rings. The maximum atomic E-state index is 6.06. The molecule has 0 aliphatic carbocycles. The number of para-hydroxylation sites is 1. The molecule has 1 atom stereocenters. The van der Waals surface area contributed by atoms with Crippen LogP contribution in [0.2, 0.25) is 0 Å². The summed E-state index contributed by atoms with van der Waals surface area (Å²) in [6.07, 6.45) is 8.43. The van der Waals surface area contributed by atoms with Crippen molar-refractivity contribution in [2.75, 3.05) is 6.61 Å². The molecule has 0 radical (unpaired) electrons. The van der Waals surface area contributed by atoms with E-state index in [0.29, 0.717) is 12.5 Å². The van der Waals surface area contributed by atoms with E-state index in [1.54, 1.807) is 0 Å². The molecule has 28 heavy (non-hydrogen) atoms. The van der Waals surface area contributed by atoms with Crippen molar-refractivity contribution in [2.24, 2.45) is 0 Å². The average molecular weight is 385 g/mol. The quantitative estimate of drug-likeness (QED) is 0.401. The lowest BCUT2D eigenvalue weighted by Gasteiger charge is -2.30. The number of unbranched alkanes of at least 4 members (excludes halogenated alkanes) is 3. The summed E-state index contributed by atoms with van der Waals surface area (Å²) >= 11 is 0. The van der Waals surface area contributed by atoms with Crippen LogP contribution in [0.4, 0.5) is 0 Å². The molecule has 1 heterocycles. The van der Waals surface area contributed by atoms with Crippen LogP contribution in [0.15, 0.2) is 18.2 Å². The Labute approximate surface area is 172 Å². The molecule has 1 aromatic carbocycles. The predicted octanol–water partition coefficient (Wildman–Crippen LogP) is 7.35. The van der Waals surface area contributed by atoms with E-state index >= 15 is 0 Å². The van der Waals surface area contributed by atoms with Gasteiger partial charge in [0.15, 0.2) is 0 Å². The standard InChI is InChI=1S/C25H40N2O/c1-8-11-12-13-17-25(7,10-3)19-15-14-16-20-21(19)27-23(28-18-9-2)22(26-20)24(4,5)6/h14-16H,8-13,17-18H2,1-7H3. The van der Waals surface area contributed by atoms with Gasteiger partial charge in [-0.25, -0.2) is 9.97 Å². The van der Waals surface area contributed by atoms with Crippen molar-refractivity contribution in [1.82, 2.24) is 9.97 Å². The first-order valence-electron chi connectivity index (χ1n) is 11.2. The summed E-state index contributed by atoms with van der Waals surface area (Å²) in [5.41, 5.74) is 4.29. The lowest BCUT2D eigenvalue weighted by molar-refractivity contribution is 0.294. The summed E-state index contributed by atoms with van der Waals surface area (Å²) in [7, 11) is 0. The highest BCUT2D eigenvalue weighted by atomic mass is 16.5. The Balaban J connectivity index is 2.54. The minimum atomic E-state index is -0.103. The van der Waals surface area contributed by atoms with E-state index in [0.717, 1.165) is 29.6 Å². The topological polar surface area (TPSA) is 35.0 Å². The number of aromatic nitrogens is 2. The Bertz CT molecular complexity index is 763. The van der Waals surface area contributed by atoms with Crippen LogP contribution in [0, 0.1) is 0 Å². The van der Waals surface area contributed by atoms with Crippen LogP contribution in [0.3, 0.4) is 0 Å². The van der Waals surface area contributed by atoms with Gasteiger partial charge in [-0.2, -0.15) is 0 Å². The van der Waals surface area contributed by atoms with Gasteiger partial charge in [0.25, 0.3) is 0 Å². The van der Waals surface area contributed by atoms with Crippen molar-refractivity contribution >= 4 is 11.0 Å². The van der Waals surface area contributed by atoms with E-state index in [2.05, 4.69) is 66.7 Å². The zero-order chi connectivity index (χ0) is 20.8. The van der Waals surface area contributed by atoms with E-state index in [-0.39, 0.29) is 10.8 Å². The molecule has 1 unspecified atom stereocenters. The lowest BCUT2D eigenvalue weighted by atomic mass is 9.75. The van der Waals surface area contributed by atoms with Gasteiger partial charge in [-0.3, -0.25) is 0 Å². The van der Waals surface area contributed by atoms with Gasteiger partial charge >= 0.3 is 0 Å². The van der Waals surface area contributed by atoms with Gasteiger partial charge in [0.2, 0.25) is 5.88 Å². The van der Waals surface area contributed by atoms with Crippen LogP contribution >= 0.6 is 0 Å². The Morgan fingerprint density at radius 3 is 2.25 bits per heavy atom. The molecule has 0 bridgehead atoms. The Morgan fingerprint density at radius 1 is 0.893 bits per heavy atom. The van der Waals surface area contributed by atoms with E-state index in [1.165, 1.54) is 37.7 Å². The summed E-state index contributed by atoms with van der Waals surface area (Å²) in [4.78, 5) is 10.1. The SMILES string of the molecule is CCCCCCC(C)(CC)c1cccc2nc(C(C)(C)C)c(OCCC)nc12. The Hall–Kier alpha value is -1.64. The molecule has 0 saturated carbocycles. The summed E-state index contributed by atoms with van der Waals surface area (Å²) in [5.74, 6) is 0.707. The van der Waals surface area contributed by atoms with Crippen molar-refractivity contribution in [1.29, 1.82) is 0 Å². The molecule has 0 amide bonds. The smallest absolute Gasteiger partial charge is 0.236 e. The highest BCUT2D eigenvalue weighted by molar-refractivity contribution is 5.80. The van der Waals surface area contributed by atoms with Gasteiger partial charge < -0.3 is 4.74 Å². The minimum Gasteiger partial charge on any atom is -0.476 e. The van der Waals surface area contributed by atoms with E-state index in [4.69, 9.17) is 14.7 Å². The summed E-state index contributed by atoms with van der Waals surface area (Å²) in [5, 5.41) is 0. The second-order valence-corrected chi connectivity index (χ2v) is 9.37. The van der Waals surface area contributed by atoms with Crippen molar-refractivity contribution in [3.63, 3.8) is 0 Å². The molecule has 2 rings (SSSR count). The van der Waals surface area contributed by atoms with Gasteiger partial charge in [0.1, 0.15) is 5.69 Å². The molecule has 3 nitrogen and oxygen atoms in total. The van der Waals surface area contributed by atoms with E-state index in [9.17, 15) is 0 Å². The summed E-state index contributed by atoms with van der Waals surface area (Å²) in [6.45, 7) is 16.3. The number of rotatable bonds is 10. The monoisotopic (exact) mass is 384 g/mol. The average Bonchev–Trinajstić information content (AvgIpc) is 2.67. The fourth-order valence-corrected chi connectivity index (χ4v) is 3.78. The third kappa shape index (κ3) is 5.24. The third-order valence-corrected chi connectivity index (χ3v) is 5.83. The molecule has 156 valence electrons. The number of hydrogen-bond acceptors (Lipinski definition) is 3. The fourth-order valence-electron chi connectivity index (χ4n) is 3.78. The minimum absolute atomic E-state index is 0.103. The van der Waals surface area contributed by atoms with Gasteiger partial charge in [0, 0.05) is 5.41 Å². The zero-order valence-electron chi connectivity index (χ0n) is 19.2. The number of hydrogen-bond donors (Lipinski definition) is 0. The first-order valence-corrected chi connectivity index (χ1v) is 11.2. The van der Waals surface area contributed by atoms with Crippen molar-refractivity contribution in [3.8, 4) is 5.88 Å². The van der Waals surface area contributed by atoms with Crippen LogP contribution in [0.5, 0.6) is 5.88 Å². The molecule has 3 heteroatoms. The van der Waals surface area contributed by atoms with Crippen LogP contribution in [0.25, 0.3) is 11.0 Å². The Kier molecular flexibility index (Phi) is 7.86. The van der Waals surface area contributed by atoms with Gasteiger partial charge in [-0.05, 0) is 36.3 Å². The van der Waals surface area contributed by atoms with Crippen LogP contribution in [0.1, 0.15) is 105 Å². The fraction of sp³-hybridized carbons (Fsp3) is 0.680. The number of fused-ring (bicyclic) bond motifs is 1. The van der Waals surface area contributed by atoms with Crippen LogP contribution < -0.4 is 4.74 Å². The van der Waals surface area contributed by atoms with Crippen LogP contribution in [-0.4, -0.2) is 16.6 Å². The van der Waals surface area contributed by atoms with Gasteiger partial charge in [-0.1, -0.05) is 86.3 Å². The molecule has 1 aromatic heterocycles. The molecule has 0 N–H and O–H groups in total. The maximum absolute atomic E-state index is 6.06. The molecular formula is C25H40N2O. The molecule has 0 spiro atoms. The van der Waals surface area contributed by atoms with Gasteiger partial charge in [-0.15, -0.1) is 0 Å². The molecule has 0 fully saturated rings. The highest BCUT2D eigenvalue weighted by Gasteiger charge is 2.29. The normalized spacial score (nSPS) is 14.2. The predicted molar refractivity (Wildman–Crippen MR) is 120 cm³/mol. The summed E-state index contributed by atoms with van der Waals surface area (Å²) < 4.78 is 6.06. The first kappa shape index (κ1) is 22.6. The first-order chi connectivity index (χ1) is 13.3. The number of benzene rings is 1. The van der Waals surface area contributed by atoms with Crippen molar-refractivity contribution in [3.05, 3.63) is 29.5 Å².